The van der Waals surface area contributed by atoms with Crippen molar-refractivity contribution in [3.8, 4) is 0 Å². The lowest BCUT2D eigenvalue weighted by Gasteiger charge is -2.20. The van der Waals surface area contributed by atoms with E-state index < -0.39 is 0 Å². The SMILES string of the molecule is CCCN(CCC)C(=O)c1coc(CN)c1. The molecule has 0 aliphatic rings. The number of carbonyl (C=O) groups is 1. The number of nitrogens with two attached hydrogens (primary N) is 1. The Morgan fingerprint density at radius 2 is 2.00 bits per heavy atom. The van der Waals surface area contributed by atoms with Crippen LogP contribution < -0.4 is 5.73 Å². The fraction of sp³-hybridized carbons (Fsp3) is 0.583. The number of rotatable bonds is 6. The largest absolute Gasteiger partial charge is 0.467 e. The van der Waals surface area contributed by atoms with Gasteiger partial charge in [0.25, 0.3) is 5.91 Å². The van der Waals surface area contributed by atoms with Crippen molar-refractivity contribution in [2.24, 2.45) is 5.73 Å². The highest BCUT2D eigenvalue weighted by Crippen LogP contribution is 2.11. The van der Waals surface area contributed by atoms with Gasteiger partial charge in [0.2, 0.25) is 0 Å². The topological polar surface area (TPSA) is 59.5 Å². The molecule has 1 rings (SSSR count). The van der Waals surface area contributed by atoms with Gasteiger partial charge in [0.15, 0.2) is 0 Å². The molecule has 0 aliphatic heterocycles. The van der Waals surface area contributed by atoms with Crippen LogP contribution in [0.15, 0.2) is 16.7 Å². The first kappa shape index (κ1) is 12.8. The van der Waals surface area contributed by atoms with Crippen LogP contribution in [0.2, 0.25) is 0 Å². The second-order valence-corrected chi connectivity index (χ2v) is 3.80. The van der Waals surface area contributed by atoms with Crippen molar-refractivity contribution >= 4 is 5.91 Å². The van der Waals surface area contributed by atoms with E-state index in [9.17, 15) is 4.79 Å². The van der Waals surface area contributed by atoms with Crippen LogP contribution in [0.4, 0.5) is 0 Å². The summed E-state index contributed by atoms with van der Waals surface area (Å²) in [7, 11) is 0. The van der Waals surface area contributed by atoms with Crippen molar-refractivity contribution in [3.05, 3.63) is 23.7 Å². The van der Waals surface area contributed by atoms with E-state index in [-0.39, 0.29) is 5.91 Å². The molecule has 1 aromatic rings. The first-order chi connectivity index (χ1) is 7.72. The van der Waals surface area contributed by atoms with Crippen molar-refractivity contribution in [1.29, 1.82) is 0 Å². The molecule has 0 aliphatic carbocycles. The summed E-state index contributed by atoms with van der Waals surface area (Å²) in [6.45, 7) is 6.04. The maximum Gasteiger partial charge on any atom is 0.257 e. The second kappa shape index (κ2) is 6.33. The summed E-state index contributed by atoms with van der Waals surface area (Å²) in [5.41, 5.74) is 6.04. The maximum absolute atomic E-state index is 12.1. The van der Waals surface area contributed by atoms with Gasteiger partial charge < -0.3 is 15.1 Å². The molecular weight excluding hydrogens is 204 g/mol. The summed E-state index contributed by atoms with van der Waals surface area (Å²) < 4.78 is 5.17. The molecule has 4 heteroatoms. The van der Waals surface area contributed by atoms with Crippen molar-refractivity contribution in [2.75, 3.05) is 13.1 Å². The van der Waals surface area contributed by atoms with E-state index >= 15 is 0 Å². The summed E-state index contributed by atoms with van der Waals surface area (Å²) in [5.74, 6) is 0.684. The van der Waals surface area contributed by atoms with Gasteiger partial charge in [-0.25, -0.2) is 0 Å². The molecule has 0 atom stereocenters. The third-order valence-electron chi connectivity index (χ3n) is 2.38. The Labute approximate surface area is 96.4 Å². The summed E-state index contributed by atoms with van der Waals surface area (Å²) in [6.07, 6.45) is 3.42. The van der Waals surface area contributed by atoms with Crippen molar-refractivity contribution < 1.29 is 9.21 Å². The van der Waals surface area contributed by atoms with Crippen molar-refractivity contribution in [2.45, 2.75) is 33.2 Å². The minimum atomic E-state index is 0.0344. The van der Waals surface area contributed by atoms with Gasteiger partial charge >= 0.3 is 0 Å². The van der Waals surface area contributed by atoms with Crippen molar-refractivity contribution in [1.82, 2.24) is 4.90 Å². The fourth-order valence-corrected chi connectivity index (χ4v) is 1.64. The predicted octanol–water partition coefficient (Wildman–Crippen LogP) is 2.00. The first-order valence-corrected chi connectivity index (χ1v) is 5.79. The Morgan fingerprint density at radius 1 is 1.38 bits per heavy atom. The third-order valence-corrected chi connectivity index (χ3v) is 2.38. The van der Waals surface area contributed by atoms with E-state index in [2.05, 4.69) is 13.8 Å². The Hall–Kier alpha value is -1.29. The van der Waals surface area contributed by atoms with E-state index in [0.29, 0.717) is 17.9 Å². The molecule has 0 fully saturated rings. The molecule has 0 unspecified atom stereocenters. The average molecular weight is 224 g/mol. The van der Waals surface area contributed by atoms with Crippen LogP contribution >= 0.6 is 0 Å². The van der Waals surface area contributed by atoms with Gasteiger partial charge in [0.05, 0.1) is 12.1 Å². The highest BCUT2D eigenvalue weighted by molar-refractivity contribution is 5.94. The normalized spacial score (nSPS) is 10.4. The van der Waals surface area contributed by atoms with Crippen LogP contribution in [0.3, 0.4) is 0 Å². The second-order valence-electron chi connectivity index (χ2n) is 3.80. The zero-order chi connectivity index (χ0) is 12.0. The minimum Gasteiger partial charge on any atom is -0.467 e. The molecule has 0 radical (unpaired) electrons. The Morgan fingerprint density at radius 3 is 2.44 bits per heavy atom. The van der Waals surface area contributed by atoms with Gasteiger partial charge in [-0.1, -0.05) is 13.8 Å². The summed E-state index contributed by atoms with van der Waals surface area (Å²) in [4.78, 5) is 13.9. The van der Waals surface area contributed by atoms with Crippen molar-refractivity contribution in [3.63, 3.8) is 0 Å². The van der Waals surface area contributed by atoms with Crippen LogP contribution in [0, 0.1) is 0 Å². The van der Waals surface area contributed by atoms with E-state index in [4.69, 9.17) is 10.2 Å². The first-order valence-electron chi connectivity index (χ1n) is 5.79. The zero-order valence-electron chi connectivity index (χ0n) is 10.0. The number of hydrogen-bond donors (Lipinski definition) is 1. The average Bonchev–Trinajstić information content (AvgIpc) is 2.76. The lowest BCUT2D eigenvalue weighted by molar-refractivity contribution is 0.0755. The lowest BCUT2D eigenvalue weighted by atomic mass is 10.2. The molecule has 16 heavy (non-hydrogen) atoms. The molecule has 0 saturated heterocycles. The molecule has 0 aromatic carbocycles. The Balaban J connectivity index is 2.72. The number of hydrogen-bond acceptors (Lipinski definition) is 3. The number of carbonyl (C=O) groups excluding carboxylic acids is 1. The number of amides is 1. The Bertz CT molecular complexity index is 328. The maximum atomic E-state index is 12.1. The van der Waals surface area contributed by atoms with E-state index in [1.54, 1.807) is 6.07 Å². The van der Waals surface area contributed by atoms with Crippen LogP contribution in [-0.2, 0) is 6.54 Å². The number of furan rings is 1. The van der Waals surface area contributed by atoms with Crippen LogP contribution in [-0.4, -0.2) is 23.9 Å². The molecule has 0 spiro atoms. The monoisotopic (exact) mass is 224 g/mol. The summed E-state index contributed by atoms with van der Waals surface area (Å²) in [5, 5.41) is 0. The van der Waals surface area contributed by atoms with Gasteiger partial charge in [-0.2, -0.15) is 0 Å². The van der Waals surface area contributed by atoms with Gasteiger partial charge in [0.1, 0.15) is 12.0 Å². The minimum absolute atomic E-state index is 0.0344. The van der Waals surface area contributed by atoms with E-state index in [1.807, 2.05) is 4.90 Å². The van der Waals surface area contributed by atoms with Gasteiger partial charge in [-0.15, -0.1) is 0 Å². The van der Waals surface area contributed by atoms with Gasteiger partial charge in [-0.05, 0) is 18.9 Å². The Kier molecular flexibility index (Phi) is 5.05. The third kappa shape index (κ3) is 3.10. The smallest absolute Gasteiger partial charge is 0.257 e. The number of nitrogens with zero attached hydrogens (tertiary/aromatic N) is 1. The highest BCUT2D eigenvalue weighted by atomic mass is 16.3. The van der Waals surface area contributed by atoms with Crippen LogP contribution in [0.25, 0.3) is 0 Å². The molecule has 4 nitrogen and oxygen atoms in total. The molecular formula is C12H20N2O2. The summed E-state index contributed by atoms with van der Waals surface area (Å²) >= 11 is 0. The van der Waals surface area contributed by atoms with Crippen LogP contribution in [0.1, 0.15) is 42.8 Å². The van der Waals surface area contributed by atoms with Gasteiger partial charge in [0, 0.05) is 13.1 Å². The quantitative estimate of drug-likeness (QED) is 0.804. The van der Waals surface area contributed by atoms with E-state index in [0.717, 1.165) is 25.9 Å². The molecule has 0 saturated carbocycles. The zero-order valence-corrected chi connectivity index (χ0v) is 10.0. The molecule has 1 amide bonds. The highest BCUT2D eigenvalue weighted by Gasteiger charge is 2.16. The molecule has 2 N–H and O–H groups in total. The standard InChI is InChI=1S/C12H20N2O2/c1-3-5-14(6-4-2)12(15)10-7-11(8-13)16-9-10/h7,9H,3-6,8,13H2,1-2H3. The molecule has 1 aromatic heterocycles. The molecule has 1 heterocycles. The van der Waals surface area contributed by atoms with E-state index in [1.165, 1.54) is 6.26 Å². The molecule has 90 valence electrons. The van der Waals surface area contributed by atoms with Crippen LogP contribution in [0.5, 0.6) is 0 Å². The summed E-state index contributed by atoms with van der Waals surface area (Å²) in [6, 6.07) is 1.72. The molecule has 0 bridgehead atoms. The van der Waals surface area contributed by atoms with Gasteiger partial charge in [-0.3, -0.25) is 4.79 Å². The lowest BCUT2D eigenvalue weighted by Crippen LogP contribution is -2.32. The fourth-order valence-electron chi connectivity index (χ4n) is 1.64. The predicted molar refractivity (Wildman–Crippen MR) is 63.1 cm³/mol.